The molecule has 0 aliphatic carbocycles. The van der Waals surface area contributed by atoms with E-state index in [1.165, 1.54) is 11.8 Å². The Labute approximate surface area is 138 Å². The van der Waals surface area contributed by atoms with Crippen LogP contribution in [0.1, 0.15) is 38.3 Å². The smallest absolute Gasteiger partial charge is 0.211 e. The molecule has 1 fully saturated rings. The molecule has 6 heteroatoms. The van der Waals surface area contributed by atoms with Gasteiger partial charge in [-0.2, -0.15) is 0 Å². The fraction of sp³-hybridized carbons (Fsp3) is 0.625. The van der Waals surface area contributed by atoms with Crippen molar-refractivity contribution in [2.45, 2.75) is 38.8 Å². The molecule has 124 valence electrons. The summed E-state index contributed by atoms with van der Waals surface area (Å²) in [6, 6.07) is 8.44. The minimum Gasteiger partial charge on any atom is -0.307 e. The van der Waals surface area contributed by atoms with Crippen LogP contribution < -0.4 is 5.32 Å². The Kier molecular flexibility index (Phi) is 5.88. The molecule has 0 spiro atoms. The number of halogens is 1. The Bertz CT molecular complexity index is 589. The summed E-state index contributed by atoms with van der Waals surface area (Å²) >= 11 is 5.93. The number of nitrogens with zero attached hydrogens (tertiary/aromatic N) is 1. The van der Waals surface area contributed by atoms with Gasteiger partial charge in [-0.3, -0.25) is 0 Å². The highest BCUT2D eigenvalue weighted by Crippen LogP contribution is 2.25. The molecule has 4 nitrogen and oxygen atoms in total. The molecule has 1 aliphatic rings. The van der Waals surface area contributed by atoms with Crippen LogP contribution in [0.5, 0.6) is 0 Å². The van der Waals surface area contributed by atoms with Gasteiger partial charge in [-0.05, 0) is 37.0 Å². The van der Waals surface area contributed by atoms with Crippen LogP contribution in [0.15, 0.2) is 24.3 Å². The lowest BCUT2D eigenvalue weighted by molar-refractivity contribution is 0.193. The van der Waals surface area contributed by atoms with E-state index in [-0.39, 0.29) is 6.04 Å². The van der Waals surface area contributed by atoms with Crippen molar-refractivity contribution in [1.29, 1.82) is 0 Å². The molecule has 1 N–H and O–H groups in total. The zero-order valence-electron chi connectivity index (χ0n) is 13.4. The van der Waals surface area contributed by atoms with Gasteiger partial charge in [0.15, 0.2) is 0 Å². The second-order valence-corrected chi connectivity index (χ2v) is 8.54. The van der Waals surface area contributed by atoms with Crippen LogP contribution in [-0.2, 0) is 10.0 Å². The van der Waals surface area contributed by atoms with Crippen LogP contribution in [0, 0.1) is 5.92 Å². The molecule has 1 saturated heterocycles. The second-order valence-electron chi connectivity index (χ2n) is 6.12. The van der Waals surface area contributed by atoms with Crippen molar-refractivity contribution in [3.8, 4) is 0 Å². The zero-order chi connectivity index (χ0) is 16.3. The number of benzene rings is 1. The van der Waals surface area contributed by atoms with Gasteiger partial charge in [0.1, 0.15) is 0 Å². The van der Waals surface area contributed by atoms with Crippen LogP contribution in [-0.4, -0.2) is 38.1 Å². The fourth-order valence-corrected chi connectivity index (χ4v) is 4.13. The molecule has 0 amide bonds. The van der Waals surface area contributed by atoms with Crippen LogP contribution in [0.2, 0.25) is 5.02 Å². The molecule has 1 aliphatic heterocycles. The van der Waals surface area contributed by atoms with E-state index in [1.54, 1.807) is 4.31 Å². The number of nitrogens with one attached hydrogen (secondary N) is 1. The normalized spacial score (nSPS) is 25.1. The molecular formula is C16H25ClN2O2S. The maximum atomic E-state index is 11.7. The fourth-order valence-electron chi connectivity index (χ4n) is 3.10. The molecule has 0 aromatic heterocycles. The van der Waals surface area contributed by atoms with Crippen molar-refractivity contribution >= 4 is 21.6 Å². The maximum absolute atomic E-state index is 11.7. The third-order valence-electron chi connectivity index (χ3n) is 4.52. The number of sulfonamides is 1. The third-order valence-corrected chi connectivity index (χ3v) is 6.05. The largest absolute Gasteiger partial charge is 0.307 e. The minimum atomic E-state index is -3.09. The first-order chi connectivity index (χ1) is 10.3. The lowest BCUT2D eigenvalue weighted by Gasteiger charge is -2.38. The van der Waals surface area contributed by atoms with Gasteiger partial charge >= 0.3 is 0 Å². The van der Waals surface area contributed by atoms with Crippen molar-refractivity contribution in [2.24, 2.45) is 5.92 Å². The first-order valence-electron chi connectivity index (χ1n) is 7.78. The molecule has 1 aromatic carbocycles. The molecule has 0 bridgehead atoms. The Morgan fingerprint density at radius 1 is 1.36 bits per heavy atom. The summed E-state index contributed by atoms with van der Waals surface area (Å²) in [6.07, 6.45) is 3.12. The van der Waals surface area contributed by atoms with Gasteiger partial charge in [0.2, 0.25) is 10.0 Å². The summed E-state index contributed by atoms with van der Waals surface area (Å²) in [7, 11) is -3.09. The molecule has 2 rings (SSSR count). The first-order valence-corrected chi connectivity index (χ1v) is 10.0. The van der Waals surface area contributed by atoms with Crippen LogP contribution >= 0.6 is 11.6 Å². The summed E-state index contributed by atoms with van der Waals surface area (Å²) < 4.78 is 25.0. The van der Waals surface area contributed by atoms with E-state index in [2.05, 4.69) is 19.2 Å². The highest BCUT2D eigenvalue weighted by atomic mass is 35.5. The molecular weight excluding hydrogens is 320 g/mol. The standard InChI is InChI=1S/C16H25ClN2O2S/c1-4-13-11-19(22(3,20)21)10-9-16(13)18-12(2)14-5-7-15(17)8-6-14/h5-8,12-13,16,18H,4,9-11H2,1-3H3/t12-,13-,16-/m1/s1. The van der Waals surface area contributed by atoms with E-state index in [0.717, 1.165) is 17.9 Å². The van der Waals surface area contributed by atoms with Gasteiger partial charge in [-0.1, -0.05) is 37.1 Å². The van der Waals surface area contributed by atoms with Crippen molar-refractivity contribution in [2.75, 3.05) is 19.3 Å². The summed E-state index contributed by atoms with van der Waals surface area (Å²) in [4.78, 5) is 0. The minimum absolute atomic E-state index is 0.223. The Morgan fingerprint density at radius 2 is 2.00 bits per heavy atom. The first kappa shape index (κ1) is 17.7. The SMILES string of the molecule is CC[C@@H]1CN(S(C)(=O)=O)CC[C@H]1N[C@H](C)c1ccc(Cl)cc1. The lowest BCUT2D eigenvalue weighted by atomic mass is 9.90. The molecule has 22 heavy (non-hydrogen) atoms. The number of hydrogen-bond donors (Lipinski definition) is 1. The predicted molar refractivity (Wildman–Crippen MR) is 91.6 cm³/mol. The van der Waals surface area contributed by atoms with Crippen molar-refractivity contribution in [3.63, 3.8) is 0 Å². The maximum Gasteiger partial charge on any atom is 0.211 e. The van der Waals surface area contributed by atoms with E-state index in [1.807, 2.05) is 24.3 Å². The third kappa shape index (κ3) is 4.44. The van der Waals surface area contributed by atoms with Crippen molar-refractivity contribution in [3.05, 3.63) is 34.9 Å². The Morgan fingerprint density at radius 3 is 2.55 bits per heavy atom. The number of hydrogen-bond acceptors (Lipinski definition) is 3. The topological polar surface area (TPSA) is 49.4 Å². The van der Waals surface area contributed by atoms with Gasteiger partial charge in [0.25, 0.3) is 0 Å². The van der Waals surface area contributed by atoms with E-state index in [0.29, 0.717) is 25.0 Å². The molecule has 0 radical (unpaired) electrons. The van der Waals surface area contributed by atoms with Gasteiger partial charge < -0.3 is 5.32 Å². The van der Waals surface area contributed by atoms with E-state index in [4.69, 9.17) is 11.6 Å². The quantitative estimate of drug-likeness (QED) is 0.893. The second kappa shape index (κ2) is 7.30. The summed E-state index contributed by atoms with van der Waals surface area (Å²) in [6.45, 7) is 5.47. The van der Waals surface area contributed by atoms with Crippen LogP contribution in [0.25, 0.3) is 0 Å². The van der Waals surface area contributed by atoms with Crippen molar-refractivity contribution in [1.82, 2.24) is 9.62 Å². The highest BCUT2D eigenvalue weighted by Gasteiger charge is 2.32. The Balaban J connectivity index is 2.01. The van der Waals surface area contributed by atoms with Gasteiger partial charge in [-0.15, -0.1) is 0 Å². The van der Waals surface area contributed by atoms with E-state index >= 15 is 0 Å². The summed E-state index contributed by atoms with van der Waals surface area (Å²) in [5, 5.41) is 4.40. The van der Waals surface area contributed by atoms with Gasteiger partial charge in [0.05, 0.1) is 6.26 Å². The number of rotatable bonds is 5. The van der Waals surface area contributed by atoms with Crippen molar-refractivity contribution < 1.29 is 8.42 Å². The lowest BCUT2D eigenvalue weighted by Crippen LogP contribution is -2.51. The van der Waals surface area contributed by atoms with E-state index in [9.17, 15) is 8.42 Å². The highest BCUT2D eigenvalue weighted by molar-refractivity contribution is 7.88. The molecule has 1 heterocycles. The monoisotopic (exact) mass is 344 g/mol. The van der Waals surface area contributed by atoms with E-state index < -0.39 is 10.0 Å². The summed E-state index contributed by atoms with van der Waals surface area (Å²) in [5.74, 6) is 0.346. The molecule has 0 saturated carbocycles. The van der Waals surface area contributed by atoms with Gasteiger partial charge in [0, 0.05) is 30.2 Å². The number of piperidine rings is 1. The average Bonchev–Trinajstić information content (AvgIpc) is 2.47. The zero-order valence-corrected chi connectivity index (χ0v) is 15.0. The van der Waals surface area contributed by atoms with Crippen LogP contribution in [0.3, 0.4) is 0 Å². The summed E-state index contributed by atoms with van der Waals surface area (Å²) in [5.41, 5.74) is 1.20. The van der Waals surface area contributed by atoms with Crippen LogP contribution in [0.4, 0.5) is 0 Å². The molecule has 0 unspecified atom stereocenters. The predicted octanol–water partition coefficient (Wildman–Crippen LogP) is 3.05. The average molecular weight is 345 g/mol. The Hall–Kier alpha value is -0.620. The van der Waals surface area contributed by atoms with Gasteiger partial charge in [-0.25, -0.2) is 12.7 Å². The molecule has 3 atom stereocenters. The molecule has 1 aromatic rings.